The van der Waals surface area contributed by atoms with Gasteiger partial charge in [-0.25, -0.2) is 4.42 Å². The summed E-state index contributed by atoms with van der Waals surface area (Å²) in [5.74, 6) is -0.333. The summed E-state index contributed by atoms with van der Waals surface area (Å²) in [6.45, 7) is 2.14. The fraction of sp³-hybridized carbons (Fsp3) is 0.316. The van der Waals surface area contributed by atoms with E-state index in [2.05, 4.69) is 0 Å². The van der Waals surface area contributed by atoms with Crippen molar-refractivity contribution in [2.24, 2.45) is 5.73 Å². The van der Waals surface area contributed by atoms with Gasteiger partial charge in [-0.05, 0) is 35.2 Å². The van der Waals surface area contributed by atoms with E-state index in [9.17, 15) is 18.0 Å². The Morgan fingerprint density at radius 1 is 1.08 bits per heavy atom. The van der Waals surface area contributed by atoms with Crippen molar-refractivity contribution in [3.63, 3.8) is 0 Å². The summed E-state index contributed by atoms with van der Waals surface area (Å²) in [5, 5.41) is 0. The maximum atomic E-state index is 12.6. The van der Waals surface area contributed by atoms with Gasteiger partial charge < -0.3 is 5.73 Å². The molecule has 3 nitrogen and oxygen atoms in total. The van der Waals surface area contributed by atoms with Crippen molar-refractivity contribution in [2.75, 3.05) is 0 Å². The van der Waals surface area contributed by atoms with Crippen LogP contribution in [0.4, 0.5) is 13.2 Å². The molecule has 0 saturated heterocycles. The SMILES string of the molecule is CCC[C@H](N)C(=O)N(Cl)Cc1ccc(-c2ccc(C(F)(F)F)cc2)cc1. The summed E-state index contributed by atoms with van der Waals surface area (Å²) >= 11 is 6.01. The Labute approximate surface area is 155 Å². The van der Waals surface area contributed by atoms with Crippen LogP contribution in [0, 0.1) is 0 Å². The molecule has 0 fully saturated rings. The average Bonchev–Trinajstić information content (AvgIpc) is 2.61. The number of nitrogens with two attached hydrogens (primary N) is 1. The van der Waals surface area contributed by atoms with Gasteiger partial charge in [-0.2, -0.15) is 13.2 Å². The van der Waals surface area contributed by atoms with Crippen molar-refractivity contribution in [3.05, 3.63) is 59.7 Å². The molecule has 2 rings (SSSR count). The number of carbonyl (C=O) groups excluding carboxylic acids is 1. The zero-order chi connectivity index (χ0) is 19.3. The van der Waals surface area contributed by atoms with Crippen LogP contribution in [0.5, 0.6) is 0 Å². The highest BCUT2D eigenvalue weighted by atomic mass is 35.5. The van der Waals surface area contributed by atoms with Gasteiger partial charge in [0, 0.05) is 11.8 Å². The summed E-state index contributed by atoms with van der Waals surface area (Å²) in [4.78, 5) is 12.0. The molecular formula is C19H20ClF3N2O. The first-order valence-electron chi connectivity index (χ1n) is 8.21. The molecule has 0 bridgehead atoms. The minimum atomic E-state index is -4.35. The van der Waals surface area contributed by atoms with E-state index in [0.29, 0.717) is 12.0 Å². The first-order chi connectivity index (χ1) is 12.2. The highest BCUT2D eigenvalue weighted by molar-refractivity contribution is 6.21. The molecule has 2 aromatic carbocycles. The van der Waals surface area contributed by atoms with Crippen LogP contribution in [0.2, 0.25) is 0 Å². The van der Waals surface area contributed by atoms with Crippen LogP contribution in [0.3, 0.4) is 0 Å². The summed E-state index contributed by atoms with van der Waals surface area (Å²) in [6, 6.07) is 11.5. The molecule has 2 N–H and O–H groups in total. The van der Waals surface area contributed by atoms with Gasteiger partial charge in [0.05, 0.1) is 18.2 Å². The third kappa shape index (κ3) is 5.22. The Morgan fingerprint density at radius 2 is 1.58 bits per heavy atom. The lowest BCUT2D eigenvalue weighted by molar-refractivity contribution is -0.137. The Hall–Kier alpha value is -2.05. The van der Waals surface area contributed by atoms with Crippen molar-refractivity contribution < 1.29 is 18.0 Å². The molecule has 0 radical (unpaired) electrons. The van der Waals surface area contributed by atoms with E-state index in [1.54, 1.807) is 24.3 Å². The number of rotatable bonds is 6. The van der Waals surface area contributed by atoms with Crippen molar-refractivity contribution in [2.45, 2.75) is 38.5 Å². The molecule has 2 aromatic rings. The second-order valence-corrected chi connectivity index (χ2v) is 6.43. The summed E-state index contributed by atoms with van der Waals surface area (Å²) in [5.41, 5.74) is 7.34. The lowest BCUT2D eigenvalue weighted by Crippen LogP contribution is -2.38. The molecule has 0 spiro atoms. The van der Waals surface area contributed by atoms with Crippen LogP contribution in [0.15, 0.2) is 48.5 Å². The normalized spacial score (nSPS) is 12.7. The van der Waals surface area contributed by atoms with Crippen molar-refractivity contribution in [3.8, 4) is 11.1 Å². The molecule has 0 unspecified atom stereocenters. The maximum absolute atomic E-state index is 12.6. The molecular weight excluding hydrogens is 365 g/mol. The minimum Gasteiger partial charge on any atom is -0.320 e. The van der Waals surface area contributed by atoms with Gasteiger partial charge in [-0.15, -0.1) is 0 Å². The predicted octanol–water partition coefficient (Wildman–Crippen LogP) is 4.98. The fourth-order valence-electron chi connectivity index (χ4n) is 2.51. The van der Waals surface area contributed by atoms with Gasteiger partial charge in [-0.3, -0.25) is 4.79 Å². The smallest absolute Gasteiger partial charge is 0.320 e. The molecule has 0 aliphatic rings. The Kier molecular flexibility index (Phi) is 6.67. The fourth-order valence-corrected chi connectivity index (χ4v) is 2.77. The molecule has 7 heteroatoms. The zero-order valence-electron chi connectivity index (χ0n) is 14.3. The van der Waals surface area contributed by atoms with E-state index in [1.165, 1.54) is 12.1 Å². The molecule has 1 atom stereocenters. The monoisotopic (exact) mass is 384 g/mol. The Balaban J connectivity index is 2.05. The van der Waals surface area contributed by atoms with Crippen LogP contribution < -0.4 is 5.73 Å². The molecule has 0 aliphatic carbocycles. The number of nitrogens with zero attached hydrogens (tertiary/aromatic N) is 1. The van der Waals surface area contributed by atoms with E-state index in [4.69, 9.17) is 17.5 Å². The van der Waals surface area contributed by atoms with Gasteiger partial charge in [0.25, 0.3) is 5.91 Å². The van der Waals surface area contributed by atoms with Crippen molar-refractivity contribution in [1.82, 2.24) is 4.42 Å². The molecule has 140 valence electrons. The summed E-state index contributed by atoms with van der Waals surface area (Å²) < 4.78 is 38.9. The quantitative estimate of drug-likeness (QED) is 0.714. The second-order valence-electron chi connectivity index (χ2n) is 6.03. The lowest BCUT2D eigenvalue weighted by Gasteiger charge is -2.18. The van der Waals surface area contributed by atoms with Gasteiger partial charge in [0.2, 0.25) is 0 Å². The second kappa shape index (κ2) is 8.56. The van der Waals surface area contributed by atoms with Crippen LogP contribution >= 0.6 is 11.8 Å². The van der Waals surface area contributed by atoms with E-state index in [1.807, 2.05) is 6.92 Å². The molecule has 0 aliphatic heterocycles. The zero-order valence-corrected chi connectivity index (χ0v) is 15.0. The number of hydrogen-bond donors (Lipinski definition) is 1. The van der Waals surface area contributed by atoms with Crippen molar-refractivity contribution in [1.29, 1.82) is 0 Å². The van der Waals surface area contributed by atoms with Crippen LogP contribution in [0.1, 0.15) is 30.9 Å². The van der Waals surface area contributed by atoms with E-state index in [-0.39, 0.29) is 12.5 Å². The lowest BCUT2D eigenvalue weighted by atomic mass is 10.0. The first-order valence-corrected chi connectivity index (χ1v) is 8.55. The van der Waals surface area contributed by atoms with Crippen LogP contribution in [-0.2, 0) is 17.5 Å². The maximum Gasteiger partial charge on any atom is 0.416 e. The summed E-state index contributed by atoms with van der Waals surface area (Å²) in [6.07, 6.45) is -2.99. The Morgan fingerprint density at radius 3 is 2.04 bits per heavy atom. The van der Waals surface area contributed by atoms with E-state index >= 15 is 0 Å². The van der Waals surface area contributed by atoms with Gasteiger partial charge >= 0.3 is 6.18 Å². The summed E-state index contributed by atoms with van der Waals surface area (Å²) in [7, 11) is 0. The number of carbonyl (C=O) groups is 1. The number of amides is 1. The predicted molar refractivity (Wildman–Crippen MR) is 96.2 cm³/mol. The highest BCUT2D eigenvalue weighted by Crippen LogP contribution is 2.31. The molecule has 0 heterocycles. The van der Waals surface area contributed by atoms with Crippen LogP contribution in [0.25, 0.3) is 11.1 Å². The molecule has 0 saturated carbocycles. The minimum absolute atomic E-state index is 0.199. The highest BCUT2D eigenvalue weighted by Gasteiger charge is 2.29. The molecule has 1 amide bonds. The van der Waals surface area contributed by atoms with E-state index < -0.39 is 17.8 Å². The van der Waals surface area contributed by atoms with Crippen molar-refractivity contribution >= 4 is 17.7 Å². The first kappa shape index (κ1) is 20.3. The third-order valence-corrected chi connectivity index (χ3v) is 4.26. The number of hydrogen-bond acceptors (Lipinski definition) is 2. The number of benzene rings is 2. The number of alkyl halides is 3. The van der Waals surface area contributed by atoms with Gasteiger partial charge in [-0.1, -0.05) is 49.7 Å². The molecule has 0 aromatic heterocycles. The molecule has 26 heavy (non-hydrogen) atoms. The number of halogens is 4. The van der Waals surface area contributed by atoms with E-state index in [0.717, 1.165) is 34.1 Å². The topological polar surface area (TPSA) is 46.3 Å². The standard InChI is InChI=1S/C19H20ClF3N2O/c1-2-3-17(24)18(26)25(20)12-13-4-6-14(7-5-13)15-8-10-16(11-9-15)19(21,22)23/h4-11,17H,2-3,12,24H2,1H3/t17-/m0/s1. The van der Waals surface area contributed by atoms with Gasteiger partial charge in [0.1, 0.15) is 0 Å². The van der Waals surface area contributed by atoms with Gasteiger partial charge in [0.15, 0.2) is 0 Å². The van der Waals surface area contributed by atoms with Crippen LogP contribution in [-0.4, -0.2) is 16.4 Å². The average molecular weight is 385 g/mol. The Bertz CT molecular complexity index is 730. The largest absolute Gasteiger partial charge is 0.416 e. The third-order valence-electron chi connectivity index (χ3n) is 3.98.